The smallest absolute Gasteiger partial charge is 0.185 e. The van der Waals surface area contributed by atoms with E-state index in [9.17, 15) is 5.11 Å². The Morgan fingerprint density at radius 3 is 2.53 bits per heavy atom. The van der Waals surface area contributed by atoms with Crippen molar-refractivity contribution < 1.29 is 5.11 Å². The third-order valence-electron chi connectivity index (χ3n) is 4.08. The molecule has 0 spiro atoms. The summed E-state index contributed by atoms with van der Waals surface area (Å²) in [5.74, 6) is 1.90. The third-order valence-corrected chi connectivity index (χ3v) is 5.20. The molecule has 1 aliphatic rings. The van der Waals surface area contributed by atoms with E-state index in [1.807, 2.05) is 0 Å². The van der Waals surface area contributed by atoms with E-state index in [4.69, 9.17) is 4.98 Å². The van der Waals surface area contributed by atoms with Gasteiger partial charge < -0.3 is 10.0 Å². The second-order valence-electron chi connectivity index (χ2n) is 6.12. The molecule has 108 valence electrons. The molecule has 0 bridgehead atoms. The van der Waals surface area contributed by atoms with Gasteiger partial charge in [-0.1, -0.05) is 39.0 Å². The maximum absolute atomic E-state index is 9.53. The van der Waals surface area contributed by atoms with Gasteiger partial charge in [-0.25, -0.2) is 4.98 Å². The van der Waals surface area contributed by atoms with Gasteiger partial charge in [0.25, 0.3) is 0 Å². The SMILES string of the molecule is CCC(C)c1nc(N2CC(C)CC(C)C2)sc1CO. The molecule has 3 unspecified atom stereocenters. The van der Waals surface area contributed by atoms with Gasteiger partial charge in [0.2, 0.25) is 0 Å². The number of rotatable bonds is 4. The number of aliphatic hydroxyl groups excluding tert-OH is 1. The molecule has 19 heavy (non-hydrogen) atoms. The summed E-state index contributed by atoms with van der Waals surface area (Å²) < 4.78 is 0. The lowest BCUT2D eigenvalue weighted by Gasteiger charge is -2.34. The van der Waals surface area contributed by atoms with Crippen LogP contribution < -0.4 is 4.90 Å². The highest BCUT2D eigenvalue weighted by Crippen LogP contribution is 2.34. The molecule has 3 nitrogen and oxygen atoms in total. The van der Waals surface area contributed by atoms with E-state index in [1.165, 1.54) is 6.42 Å². The molecule has 2 rings (SSSR count). The highest BCUT2D eigenvalue weighted by Gasteiger charge is 2.25. The van der Waals surface area contributed by atoms with Gasteiger partial charge in [-0.15, -0.1) is 0 Å². The van der Waals surface area contributed by atoms with E-state index in [-0.39, 0.29) is 6.61 Å². The molecule has 1 fully saturated rings. The van der Waals surface area contributed by atoms with Crippen molar-refractivity contribution in [1.82, 2.24) is 4.98 Å². The molecule has 4 heteroatoms. The van der Waals surface area contributed by atoms with Crippen LogP contribution in [0, 0.1) is 11.8 Å². The Kier molecular flexibility index (Phi) is 4.85. The molecule has 0 radical (unpaired) electrons. The van der Waals surface area contributed by atoms with E-state index < -0.39 is 0 Å². The highest BCUT2D eigenvalue weighted by atomic mass is 32.1. The van der Waals surface area contributed by atoms with E-state index in [0.29, 0.717) is 5.92 Å². The molecule has 1 aliphatic heterocycles. The first-order valence-corrected chi connectivity index (χ1v) is 8.22. The summed E-state index contributed by atoms with van der Waals surface area (Å²) in [5, 5.41) is 10.6. The van der Waals surface area contributed by atoms with Crippen molar-refractivity contribution in [2.75, 3.05) is 18.0 Å². The molecular weight excluding hydrogens is 256 g/mol. The second-order valence-corrected chi connectivity index (χ2v) is 7.19. The van der Waals surface area contributed by atoms with Gasteiger partial charge in [-0.3, -0.25) is 0 Å². The highest BCUT2D eigenvalue weighted by molar-refractivity contribution is 7.15. The Morgan fingerprint density at radius 2 is 2.00 bits per heavy atom. The minimum atomic E-state index is 0.121. The lowest BCUT2D eigenvalue weighted by atomic mass is 9.92. The Morgan fingerprint density at radius 1 is 1.37 bits per heavy atom. The van der Waals surface area contributed by atoms with Crippen LogP contribution in [0.3, 0.4) is 0 Å². The maximum atomic E-state index is 9.53. The molecule has 1 N–H and O–H groups in total. The van der Waals surface area contributed by atoms with Crippen molar-refractivity contribution in [3.8, 4) is 0 Å². The van der Waals surface area contributed by atoms with Crippen LogP contribution in [0.2, 0.25) is 0 Å². The van der Waals surface area contributed by atoms with Crippen LogP contribution in [0.1, 0.15) is 57.0 Å². The molecule has 0 amide bonds. The van der Waals surface area contributed by atoms with Gasteiger partial charge in [-0.2, -0.15) is 0 Å². The van der Waals surface area contributed by atoms with Crippen LogP contribution in [0.4, 0.5) is 5.13 Å². The van der Waals surface area contributed by atoms with E-state index in [2.05, 4.69) is 32.6 Å². The fourth-order valence-corrected chi connectivity index (χ4v) is 4.06. The number of aromatic nitrogens is 1. The number of hydrogen-bond acceptors (Lipinski definition) is 4. The van der Waals surface area contributed by atoms with Crippen LogP contribution in [-0.4, -0.2) is 23.2 Å². The van der Waals surface area contributed by atoms with Crippen LogP contribution >= 0.6 is 11.3 Å². The molecule has 0 aliphatic carbocycles. The molecule has 2 heterocycles. The maximum Gasteiger partial charge on any atom is 0.185 e. The van der Waals surface area contributed by atoms with Crippen LogP contribution in [0.15, 0.2) is 0 Å². The predicted octanol–water partition coefficient (Wildman–Crippen LogP) is 3.63. The number of anilines is 1. The van der Waals surface area contributed by atoms with Crippen molar-refractivity contribution in [1.29, 1.82) is 0 Å². The van der Waals surface area contributed by atoms with Crippen molar-refractivity contribution in [3.63, 3.8) is 0 Å². The zero-order valence-electron chi connectivity index (χ0n) is 12.5. The fourth-order valence-electron chi connectivity index (χ4n) is 3.00. The summed E-state index contributed by atoms with van der Waals surface area (Å²) >= 11 is 1.68. The molecule has 3 atom stereocenters. The topological polar surface area (TPSA) is 36.4 Å². The number of aliphatic hydroxyl groups is 1. The van der Waals surface area contributed by atoms with Crippen LogP contribution in [-0.2, 0) is 6.61 Å². The van der Waals surface area contributed by atoms with Crippen molar-refractivity contribution in [2.45, 2.75) is 53.1 Å². The average molecular weight is 282 g/mol. The zero-order chi connectivity index (χ0) is 14.0. The number of piperidine rings is 1. The summed E-state index contributed by atoms with van der Waals surface area (Å²) in [6.07, 6.45) is 2.38. The van der Waals surface area contributed by atoms with E-state index in [0.717, 1.165) is 47.0 Å². The van der Waals surface area contributed by atoms with Crippen molar-refractivity contribution >= 4 is 16.5 Å². The van der Waals surface area contributed by atoms with Gasteiger partial charge in [-0.05, 0) is 30.6 Å². The van der Waals surface area contributed by atoms with Gasteiger partial charge in [0.05, 0.1) is 17.2 Å². The summed E-state index contributed by atoms with van der Waals surface area (Å²) in [7, 11) is 0. The monoisotopic (exact) mass is 282 g/mol. The lowest BCUT2D eigenvalue weighted by Crippen LogP contribution is -2.38. The van der Waals surface area contributed by atoms with Gasteiger partial charge in [0.15, 0.2) is 5.13 Å². The Labute approximate surface area is 120 Å². The molecule has 0 saturated carbocycles. The largest absolute Gasteiger partial charge is 0.391 e. The summed E-state index contributed by atoms with van der Waals surface area (Å²) in [6, 6.07) is 0. The minimum Gasteiger partial charge on any atom is -0.391 e. The van der Waals surface area contributed by atoms with Gasteiger partial charge >= 0.3 is 0 Å². The second kappa shape index (κ2) is 6.23. The van der Waals surface area contributed by atoms with Crippen LogP contribution in [0.5, 0.6) is 0 Å². The van der Waals surface area contributed by atoms with Crippen molar-refractivity contribution in [2.24, 2.45) is 11.8 Å². The summed E-state index contributed by atoms with van der Waals surface area (Å²) in [4.78, 5) is 8.29. The van der Waals surface area contributed by atoms with Gasteiger partial charge in [0.1, 0.15) is 0 Å². The number of nitrogens with zero attached hydrogens (tertiary/aromatic N) is 2. The van der Waals surface area contributed by atoms with E-state index >= 15 is 0 Å². The third kappa shape index (κ3) is 3.29. The standard InChI is InChI=1S/C15H26N2OS/c1-5-12(4)14-13(9-18)19-15(16-14)17-7-10(2)6-11(3)8-17/h10-12,18H,5-9H2,1-4H3. The zero-order valence-corrected chi connectivity index (χ0v) is 13.3. The predicted molar refractivity (Wildman–Crippen MR) is 81.9 cm³/mol. The first-order valence-electron chi connectivity index (χ1n) is 7.40. The molecule has 0 aromatic carbocycles. The van der Waals surface area contributed by atoms with E-state index in [1.54, 1.807) is 11.3 Å². The first-order chi connectivity index (χ1) is 9.05. The quantitative estimate of drug-likeness (QED) is 0.916. The Hall–Kier alpha value is -0.610. The average Bonchev–Trinajstić information content (AvgIpc) is 2.80. The number of hydrogen-bond donors (Lipinski definition) is 1. The molecule has 1 aromatic heterocycles. The minimum absolute atomic E-state index is 0.121. The Bertz CT molecular complexity index is 408. The summed E-state index contributed by atoms with van der Waals surface area (Å²) in [6.45, 7) is 11.3. The normalized spacial score (nSPS) is 25.6. The summed E-state index contributed by atoms with van der Waals surface area (Å²) in [5.41, 5.74) is 1.11. The fraction of sp³-hybridized carbons (Fsp3) is 0.800. The Balaban J connectivity index is 2.22. The molecule has 1 saturated heterocycles. The molecule has 1 aromatic rings. The molecular formula is C15H26N2OS. The first kappa shape index (κ1) is 14.8. The van der Waals surface area contributed by atoms with Crippen LogP contribution in [0.25, 0.3) is 0 Å². The number of thiazole rings is 1. The van der Waals surface area contributed by atoms with Crippen molar-refractivity contribution in [3.05, 3.63) is 10.6 Å². The van der Waals surface area contributed by atoms with Gasteiger partial charge in [0, 0.05) is 13.1 Å². The lowest BCUT2D eigenvalue weighted by molar-refractivity contribution is 0.283.